The summed E-state index contributed by atoms with van der Waals surface area (Å²) in [5.41, 5.74) is 5.87. The molecule has 3 N–H and O–H groups in total. The van der Waals surface area contributed by atoms with Gasteiger partial charge in [-0.1, -0.05) is 0 Å². The van der Waals surface area contributed by atoms with E-state index >= 15 is 0 Å². The zero-order valence-electron chi connectivity index (χ0n) is 8.94. The van der Waals surface area contributed by atoms with Crippen molar-refractivity contribution in [2.24, 2.45) is 5.73 Å². The molecule has 0 atom stereocenters. The molecule has 1 aromatic heterocycles. The SMILES string of the molecule is NCc1ccc(C(=O)Nc2ccc(F)cc2)o1. The Bertz CT molecular complexity index is 520. The number of carbonyl (C=O) groups is 1. The Morgan fingerprint density at radius 3 is 2.53 bits per heavy atom. The molecule has 0 aliphatic rings. The molecule has 2 aromatic rings. The van der Waals surface area contributed by atoms with Gasteiger partial charge in [-0.2, -0.15) is 0 Å². The number of anilines is 1. The van der Waals surface area contributed by atoms with Crippen molar-refractivity contribution in [2.75, 3.05) is 5.32 Å². The highest BCUT2D eigenvalue weighted by Crippen LogP contribution is 2.12. The van der Waals surface area contributed by atoms with Gasteiger partial charge in [0, 0.05) is 5.69 Å². The summed E-state index contributed by atoms with van der Waals surface area (Å²) >= 11 is 0. The highest BCUT2D eigenvalue weighted by atomic mass is 19.1. The molecule has 0 saturated heterocycles. The zero-order valence-corrected chi connectivity index (χ0v) is 8.94. The maximum Gasteiger partial charge on any atom is 0.291 e. The molecule has 0 spiro atoms. The number of amides is 1. The van der Waals surface area contributed by atoms with Crippen LogP contribution >= 0.6 is 0 Å². The number of nitrogens with one attached hydrogen (secondary N) is 1. The monoisotopic (exact) mass is 234 g/mol. The maximum atomic E-state index is 12.7. The predicted octanol–water partition coefficient (Wildman–Crippen LogP) is 2.13. The molecule has 1 amide bonds. The van der Waals surface area contributed by atoms with Crippen molar-refractivity contribution >= 4 is 11.6 Å². The number of carbonyl (C=O) groups excluding carboxylic acids is 1. The Balaban J connectivity index is 2.08. The van der Waals surface area contributed by atoms with E-state index in [1.807, 2.05) is 0 Å². The summed E-state index contributed by atoms with van der Waals surface area (Å²) in [6, 6.07) is 8.66. The van der Waals surface area contributed by atoms with E-state index in [9.17, 15) is 9.18 Å². The molecule has 0 unspecified atom stereocenters. The fraction of sp³-hybridized carbons (Fsp3) is 0.0833. The van der Waals surface area contributed by atoms with Crippen LogP contribution in [0.15, 0.2) is 40.8 Å². The van der Waals surface area contributed by atoms with E-state index in [4.69, 9.17) is 10.2 Å². The zero-order chi connectivity index (χ0) is 12.3. The summed E-state index contributed by atoms with van der Waals surface area (Å²) in [7, 11) is 0. The second kappa shape index (κ2) is 4.80. The van der Waals surface area contributed by atoms with E-state index in [0.29, 0.717) is 11.4 Å². The van der Waals surface area contributed by atoms with Gasteiger partial charge in [0.1, 0.15) is 11.6 Å². The first kappa shape index (κ1) is 11.3. The van der Waals surface area contributed by atoms with Gasteiger partial charge in [-0.25, -0.2) is 4.39 Å². The van der Waals surface area contributed by atoms with Gasteiger partial charge in [-0.3, -0.25) is 4.79 Å². The lowest BCUT2D eigenvalue weighted by atomic mass is 10.3. The topological polar surface area (TPSA) is 68.3 Å². The largest absolute Gasteiger partial charge is 0.455 e. The lowest BCUT2D eigenvalue weighted by Crippen LogP contribution is -2.10. The fourth-order valence-electron chi connectivity index (χ4n) is 1.34. The van der Waals surface area contributed by atoms with Gasteiger partial charge in [0.15, 0.2) is 5.76 Å². The Morgan fingerprint density at radius 2 is 1.94 bits per heavy atom. The molecule has 0 fully saturated rings. The average Bonchev–Trinajstić information content (AvgIpc) is 2.81. The van der Waals surface area contributed by atoms with Crippen LogP contribution in [-0.2, 0) is 6.54 Å². The van der Waals surface area contributed by atoms with Gasteiger partial charge in [0.25, 0.3) is 5.91 Å². The highest BCUT2D eigenvalue weighted by Gasteiger charge is 2.10. The number of hydrogen-bond donors (Lipinski definition) is 2. The number of hydrogen-bond acceptors (Lipinski definition) is 3. The van der Waals surface area contributed by atoms with E-state index < -0.39 is 5.91 Å². The molecule has 1 heterocycles. The first-order chi connectivity index (χ1) is 8.19. The second-order valence-electron chi connectivity index (χ2n) is 3.43. The third-order valence-corrected chi connectivity index (χ3v) is 2.19. The van der Waals surface area contributed by atoms with E-state index in [-0.39, 0.29) is 18.1 Å². The molecule has 88 valence electrons. The summed E-state index contributed by atoms with van der Waals surface area (Å²) in [4.78, 5) is 11.7. The van der Waals surface area contributed by atoms with Crippen LogP contribution in [0.2, 0.25) is 0 Å². The third-order valence-electron chi connectivity index (χ3n) is 2.19. The molecule has 0 bridgehead atoms. The first-order valence-corrected chi connectivity index (χ1v) is 5.05. The molecule has 5 heteroatoms. The Hall–Kier alpha value is -2.14. The molecule has 4 nitrogen and oxygen atoms in total. The van der Waals surface area contributed by atoms with Crippen LogP contribution in [-0.4, -0.2) is 5.91 Å². The highest BCUT2D eigenvalue weighted by molar-refractivity contribution is 6.02. The van der Waals surface area contributed by atoms with Gasteiger partial charge >= 0.3 is 0 Å². The molecule has 1 aromatic carbocycles. The van der Waals surface area contributed by atoms with Crippen LogP contribution in [0.3, 0.4) is 0 Å². The van der Waals surface area contributed by atoms with Gasteiger partial charge in [0.2, 0.25) is 0 Å². The average molecular weight is 234 g/mol. The van der Waals surface area contributed by atoms with Crippen molar-refractivity contribution in [3.8, 4) is 0 Å². The maximum absolute atomic E-state index is 12.7. The summed E-state index contributed by atoms with van der Waals surface area (Å²) in [6.07, 6.45) is 0. The molecular formula is C12H11FN2O2. The Kier molecular flexibility index (Phi) is 3.20. The number of benzene rings is 1. The minimum absolute atomic E-state index is 0.176. The van der Waals surface area contributed by atoms with Crippen molar-refractivity contribution in [1.82, 2.24) is 0 Å². The van der Waals surface area contributed by atoms with Gasteiger partial charge in [-0.15, -0.1) is 0 Å². The third kappa shape index (κ3) is 2.70. The number of furan rings is 1. The number of nitrogens with two attached hydrogens (primary N) is 1. The summed E-state index contributed by atoms with van der Waals surface area (Å²) in [6.45, 7) is 0.240. The smallest absolute Gasteiger partial charge is 0.291 e. The van der Waals surface area contributed by atoms with E-state index in [1.54, 1.807) is 12.1 Å². The fourth-order valence-corrected chi connectivity index (χ4v) is 1.34. The van der Waals surface area contributed by atoms with E-state index in [2.05, 4.69) is 5.32 Å². The Morgan fingerprint density at radius 1 is 1.24 bits per heavy atom. The normalized spacial score (nSPS) is 10.2. The summed E-state index contributed by atoms with van der Waals surface area (Å²) in [5.74, 6) is -0.0354. The lowest BCUT2D eigenvalue weighted by molar-refractivity contribution is 0.0995. The molecule has 0 aliphatic carbocycles. The van der Waals surface area contributed by atoms with Crippen LogP contribution in [0.1, 0.15) is 16.3 Å². The van der Waals surface area contributed by atoms with Gasteiger partial charge < -0.3 is 15.5 Å². The standard InChI is InChI=1S/C12H11FN2O2/c13-8-1-3-9(4-2-8)15-12(16)11-6-5-10(7-14)17-11/h1-6H,7,14H2,(H,15,16). The predicted molar refractivity (Wildman–Crippen MR) is 61.0 cm³/mol. The quantitative estimate of drug-likeness (QED) is 0.854. The van der Waals surface area contributed by atoms with E-state index in [1.165, 1.54) is 24.3 Å². The number of rotatable bonds is 3. The van der Waals surface area contributed by atoms with E-state index in [0.717, 1.165) is 0 Å². The summed E-state index contributed by atoms with van der Waals surface area (Å²) in [5, 5.41) is 2.58. The van der Waals surface area contributed by atoms with Gasteiger partial charge in [0.05, 0.1) is 6.54 Å². The molecule has 0 aliphatic heterocycles. The molecule has 0 saturated carbocycles. The van der Waals surface area contributed by atoms with Crippen molar-refractivity contribution in [1.29, 1.82) is 0 Å². The first-order valence-electron chi connectivity index (χ1n) is 5.05. The van der Waals surface area contributed by atoms with Crippen LogP contribution in [0, 0.1) is 5.82 Å². The minimum atomic E-state index is -0.392. The number of halogens is 1. The van der Waals surface area contributed by atoms with Crippen LogP contribution in [0.25, 0.3) is 0 Å². The summed E-state index contributed by atoms with van der Waals surface area (Å²) < 4.78 is 17.8. The van der Waals surface area contributed by atoms with Crippen molar-refractivity contribution < 1.29 is 13.6 Å². The second-order valence-corrected chi connectivity index (χ2v) is 3.43. The molecular weight excluding hydrogens is 223 g/mol. The Labute approximate surface area is 97.2 Å². The van der Waals surface area contributed by atoms with Crippen molar-refractivity contribution in [2.45, 2.75) is 6.54 Å². The minimum Gasteiger partial charge on any atom is -0.455 e. The van der Waals surface area contributed by atoms with Crippen molar-refractivity contribution in [3.63, 3.8) is 0 Å². The molecule has 0 radical (unpaired) electrons. The van der Waals surface area contributed by atoms with Gasteiger partial charge in [-0.05, 0) is 36.4 Å². The lowest BCUT2D eigenvalue weighted by Gasteiger charge is -2.02. The van der Waals surface area contributed by atoms with Crippen LogP contribution in [0.5, 0.6) is 0 Å². The van der Waals surface area contributed by atoms with Crippen molar-refractivity contribution in [3.05, 3.63) is 53.7 Å². The van der Waals surface area contributed by atoms with Crippen LogP contribution in [0.4, 0.5) is 10.1 Å². The molecule has 2 rings (SSSR count). The molecule has 17 heavy (non-hydrogen) atoms. The van der Waals surface area contributed by atoms with Crippen LogP contribution < -0.4 is 11.1 Å².